The Morgan fingerprint density at radius 1 is 1.43 bits per heavy atom. The van der Waals surface area contributed by atoms with Gasteiger partial charge in [-0.25, -0.2) is 0 Å². The average molecular weight is 196 g/mol. The Balaban J connectivity index is 3.87. The van der Waals surface area contributed by atoms with Crippen LogP contribution in [0.1, 0.15) is 34.1 Å². The molecule has 0 N–H and O–H groups in total. The summed E-state index contributed by atoms with van der Waals surface area (Å²) >= 11 is 0. The van der Waals surface area contributed by atoms with Crippen molar-refractivity contribution in [1.29, 1.82) is 0 Å². The van der Waals surface area contributed by atoms with Crippen LogP contribution in [0.5, 0.6) is 0 Å². The van der Waals surface area contributed by atoms with Gasteiger partial charge in [-0.05, 0) is 18.4 Å². The summed E-state index contributed by atoms with van der Waals surface area (Å²) in [6.07, 6.45) is 7.30. The molecule has 0 radical (unpaired) electrons. The molecule has 0 aromatic rings. The number of ether oxygens (including phenoxy) is 1. The average Bonchev–Trinajstić information content (AvgIpc) is 2.14. The molecule has 0 aromatic heterocycles. The fourth-order valence-corrected chi connectivity index (χ4v) is 0.809. The number of carbonyl (C=O) groups excluding carboxylic acids is 1. The molecular weight excluding hydrogens is 176 g/mol. The summed E-state index contributed by atoms with van der Waals surface area (Å²) in [6, 6.07) is 0. The van der Waals surface area contributed by atoms with Crippen molar-refractivity contribution in [3.05, 3.63) is 23.8 Å². The molecule has 1 atom stereocenters. The van der Waals surface area contributed by atoms with E-state index in [1.54, 1.807) is 0 Å². The van der Waals surface area contributed by atoms with E-state index >= 15 is 0 Å². The van der Waals surface area contributed by atoms with Gasteiger partial charge in [-0.2, -0.15) is 0 Å². The first kappa shape index (κ1) is 12.9. The lowest BCUT2D eigenvalue weighted by Crippen LogP contribution is -2.00. The summed E-state index contributed by atoms with van der Waals surface area (Å²) in [7, 11) is 0. The van der Waals surface area contributed by atoms with Gasteiger partial charge in [-0.1, -0.05) is 38.5 Å². The Labute approximate surface area is 86.6 Å². The van der Waals surface area contributed by atoms with Gasteiger partial charge in [0.2, 0.25) is 0 Å². The second kappa shape index (κ2) is 7.36. The van der Waals surface area contributed by atoms with Gasteiger partial charge in [0.25, 0.3) is 0 Å². The first-order chi connectivity index (χ1) is 6.56. The Morgan fingerprint density at radius 2 is 2.07 bits per heavy atom. The third-order valence-electron chi connectivity index (χ3n) is 1.97. The van der Waals surface area contributed by atoms with Crippen LogP contribution < -0.4 is 0 Å². The Hall–Kier alpha value is -1.05. The van der Waals surface area contributed by atoms with E-state index in [2.05, 4.69) is 19.9 Å². The maximum atomic E-state index is 10.5. The molecule has 0 unspecified atom stereocenters. The minimum atomic E-state index is -0.233. The minimum Gasteiger partial charge on any atom is -0.461 e. The number of allylic oxidation sites excluding steroid dienone is 3. The van der Waals surface area contributed by atoms with E-state index < -0.39 is 0 Å². The predicted molar refractivity (Wildman–Crippen MR) is 59.0 cm³/mol. The van der Waals surface area contributed by atoms with Crippen LogP contribution in [0.15, 0.2) is 23.8 Å². The second-order valence-electron chi connectivity index (χ2n) is 3.56. The fourth-order valence-electron chi connectivity index (χ4n) is 0.809. The normalized spacial score (nSPS) is 14.4. The molecule has 0 aliphatic carbocycles. The molecule has 0 spiro atoms. The lowest BCUT2D eigenvalue weighted by molar-refractivity contribution is -0.139. The van der Waals surface area contributed by atoms with Crippen molar-refractivity contribution in [2.24, 2.45) is 5.92 Å². The first-order valence-corrected chi connectivity index (χ1v) is 5.03. The highest BCUT2D eigenvalue weighted by molar-refractivity contribution is 5.66. The summed E-state index contributed by atoms with van der Waals surface area (Å²) < 4.78 is 4.85. The largest absolute Gasteiger partial charge is 0.461 e. The third-order valence-corrected chi connectivity index (χ3v) is 1.97. The molecule has 0 heterocycles. The summed E-state index contributed by atoms with van der Waals surface area (Å²) in [5.74, 6) is 0.372. The van der Waals surface area contributed by atoms with Crippen LogP contribution in [0.25, 0.3) is 0 Å². The lowest BCUT2D eigenvalue weighted by atomic mass is 10.1. The van der Waals surface area contributed by atoms with Gasteiger partial charge in [0.1, 0.15) is 6.61 Å². The monoisotopic (exact) mass is 196 g/mol. The van der Waals surface area contributed by atoms with Crippen LogP contribution in [0.3, 0.4) is 0 Å². The summed E-state index contributed by atoms with van der Waals surface area (Å²) in [5.41, 5.74) is 1.06. The molecule has 14 heavy (non-hydrogen) atoms. The number of hydrogen-bond donors (Lipinski definition) is 0. The quantitative estimate of drug-likeness (QED) is 0.499. The SMILES string of the molecule is CC[C@H](C)/C=C/C=C(\C)COC(C)=O. The molecule has 80 valence electrons. The smallest absolute Gasteiger partial charge is 0.302 e. The van der Waals surface area contributed by atoms with E-state index in [1.807, 2.05) is 19.1 Å². The molecule has 0 saturated carbocycles. The van der Waals surface area contributed by atoms with E-state index in [9.17, 15) is 4.79 Å². The zero-order chi connectivity index (χ0) is 11.0. The zero-order valence-corrected chi connectivity index (χ0v) is 9.54. The van der Waals surface area contributed by atoms with Gasteiger partial charge in [-0.15, -0.1) is 0 Å². The predicted octanol–water partition coefficient (Wildman–Crippen LogP) is 3.10. The van der Waals surface area contributed by atoms with Gasteiger partial charge < -0.3 is 4.74 Å². The fraction of sp³-hybridized carbons (Fsp3) is 0.583. The van der Waals surface area contributed by atoms with Crippen molar-refractivity contribution >= 4 is 5.97 Å². The van der Waals surface area contributed by atoms with Gasteiger partial charge in [0.05, 0.1) is 0 Å². The topological polar surface area (TPSA) is 26.3 Å². The van der Waals surface area contributed by atoms with E-state index in [0.717, 1.165) is 12.0 Å². The van der Waals surface area contributed by atoms with Crippen molar-refractivity contribution in [3.8, 4) is 0 Å². The molecule has 2 heteroatoms. The van der Waals surface area contributed by atoms with Gasteiger partial charge in [0, 0.05) is 6.92 Å². The molecule has 0 aliphatic rings. The number of rotatable bonds is 5. The number of esters is 1. The van der Waals surface area contributed by atoms with Crippen molar-refractivity contribution < 1.29 is 9.53 Å². The van der Waals surface area contributed by atoms with Crippen LogP contribution in [0.4, 0.5) is 0 Å². The minimum absolute atomic E-state index is 0.233. The highest BCUT2D eigenvalue weighted by atomic mass is 16.5. The van der Waals surface area contributed by atoms with Crippen molar-refractivity contribution in [3.63, 3.8) is 0 Å². The zero-order valence-electron chi connectivity index (χ0n) is 9.54. The Kier molecular flexibility index (Phi) is 6.81. The van der Waals surface area contributed by atoms with Crippen molar-refractivity contribution in [2.75, 3.05) is 6.61 Å². The van der Waals surface area contributed by atoms with E-state index in [1.165, 1.54) is 6.92 Å². The van der Waals surface area contributed by atoms with Crippen LogP contribution in [-0.4, -0.2) is 12.6 Å². The molecule has 0 aliphatic heterocycles. The van der Waals surface area contributed by atoms with Crippen LogP contribution >= 0.6 is 0 Å². The van der Waals surface area contributed by atoms with Gasteiger partial charge in [0.15, 0.2) is 0 Å². The summed E-state index contributed by atoms with van der Waals surface area (Å²) in [6.45, 7) is 8.09. The third kappa shape index (κ3) is 7.59. The van der Waals surface area contributed by atoms with Gasteiger partial charge in [-0.3, -0.25) is 4.79 Å². The van der Waals surface area contributed by atoms with Crippen LogP contribution in [-0.2, 0) is 9.53 Å². The van der Waals surface area contributed by atoms with Gasteiger partial charge >= 0.3 is 5.97 Å². The molecule has 2 nitrogen and oxygen atoms in total. The molecule has 0 saturated heterocycles. The van der Waals surface area contributed by atoms with E-state index in [0.29, 0.717) is 12.5 Å². The summed E-state index contributed by atoms with van der Waals surface area (Å²) in [5, 5.41) is 0. The van der Waals surface area contributed by atoms with Crippen molar-refractivity contribution in [2.45, 2.75) is 34.1 Å². The van der Waals surface area contributed by atoms with E-state index in [-0.39, 0.29) is 5.97 Å². The highest BCUT2D eigenvalue weighted by Gasteiger charge is 1.93. The lowest BCUT2D eigenvalue weighted by Gasteiger charge is -2.01. The molecule has 0 amide bonds. The van der Waals surface area contributed by atoms with Crippen LogP contribution in [0, 0.1) is 5.92 Å². The molecule has 0 bridgehead atoms. The molecular formula is C12H20O2. The maximum Gasteiger partial charge on any atom is 0.302 e. The van der Waals surface area contributed by atoms with Crippen molar-refractivity contribution in [1.82, 2.24) is 0 Å². The molecule has 0 rings (SSSR count). The van der Waals surface area contributed by atoms with E-state index in [4.69, 9.17) is 4.74 Å². The second-order valence-corrected chi connectivity index (χ2v) is 3.56. The maximum absolute atomic E-state index is 10.5. The first-order valence-electron chi connectivity index (χ1n) is 5.03. The number of hydrogen-bond acceptors (Lipinski definition) is 2. The Morgan fingerprint density at radius 3 is 2.57 bits per heavy atom. The Bertz CT molecular complexity index is 226. The molecule has 0 fully saturated rings. The van der Waals surface area contributed by atoms with Crippen LogP contribution in [0.2, 0.25) is 0 Å². The standard InChI is InChI=1S/C12H20O2/c1-5-10(2)7-6-8-11(3)9-14-12(4)13/h6-8,10H,5,9H2,1-4H3/b7-6+,11-8+/t10-/m0/s1. The number of carbonyl (C=O) groups is 1. The summed E-state index contributed by atoms with van der Waals surface area (Å²) in [4.78, 5) is 10.5. The highest BCUT2D eigenvalue weighted by Crippen LogP contribution is 2.03. The molecule has 0 aromatic carbocycles.